The highest BCUT2D eigenvalue weighted by molar-refractivity contribution is 6.42. The minimum Gasteiger partial charge on any atom is -0.451 e. The lowest BCUT2D eigenvalue weighted by Gasteiger charge is -2.17. The highest BCUT2D eigenvalue weighted by atomic mass is 35.5. The number of nitrogens with one attached hydrogen (secondary N) is 1. The van der Waals surface area contributed by atoms with Crippen LogP contribution in [0.1, 0.15) is 33.3 Å². The average Bonchev–Trinajstić information content (AvgIpc) is 3.06. The summed E-state index contributed by atoms with van der Waals surface area (Å²) < 4.78 is 4.96. The maximum atomic E-state index is 12.1. The Balaban J connectivity index is 1.88. The van der Waals surface area contributed by atoms with Crippen molar-refractivity contribution in [2.45, 2.75) is 13.5 Å². The number of carbonyl (C=O) groups is 3. The van der Waals surface area contributed by atoms with E-state index in [0.29, 0.717) is 22.2 Å². The predicted octanol–water partition coefficient (Wildman–Crippen LogP) is 3.34. The molecular weight excluding hydrogens is 367 g/mol. The van der Waals surface area contributed by atoms with Crippen molar-refractivity contribution in [3.05, 3.63) is 57.3 Å². The number of likely N-dealkylation sites (N-methyl/N-ethyl adjacent to an activating group) is 1. The average molecular weight is 383 g/mol. The van der Waals surface area contributed by atoms with Crippen molar-refractivity contribution in [3.63, 3.8) is 0 Å². The van der Waals surface area contributed by atoms with Crippen LogP contribution in [0.25, 0.3) is 0 Å². The van der Waals surface area contributed by atoms with Crippen LogP contribution in [0.4, 0.5) is 0 Å². The van der Waals surface area contributed by atoms with Gasteiger partial charge in [-0.05, 0) is 30.7 Å². The molecule has 0 radical (unpaired) electrons. The largest absolute Gasteiger partial charge is 0.451 e. The van der Waals surface area contributed by atoms with E-state index in [4.69, 9.17) is 27.9 Å². The summed E-state index contributed by atoms with van der Waals surface area (Å²) in [6.07, 6.45) is 1.41. The molecule has 132 valence electrons. The van der Waals surface area contributed by atoms with E-state index in [1.54, 1.807) is 25.2 Å². The van der Waals surface area contributed by atoms with Crippen molar-refractivity contribution >= 4 is 40.9 Å². The van der Waals surface area contributed by atoms with Crippen molar-refractivity contribution in [1.29, 1.82) is 0 Å². The Hall–Kier alpha value is -2.31. The second kappa shape index (κ2) is 8.18. The second-order valence-corrected chi connectivity index (χ2v) is 6.25. The van der Waals surface area contributed by atoms with Gasteiger partial charge in [-0.25, -0.2) is 4.79 Å². The van der Waals surface area contributed by atoms with Crippen LogP contribution in [-0.2, 0) is 16.1 Å². The standard InChI is InChI=1S/C17H16Cl2N2O4/c1-10(22)12-6-15(20-7-12)17(24)25-9-16(23)21(2)8-11-3-4-13(18)14(19)5-11/h3-7,20H,8-9H2,1-2H3. The zero-order chi connectivity index (χ0) is 18.6. The van der Waals surface area contributed by atoms with Gasteiger partial charge in [0.25, 0.3) is 5.91 Å². The Labute approximate surface area is 154 Å². The minimum atomic E-state index is -0.705. The van der Waals surface area contributed by atoms with Gasteiger partial charge in [0.05, 0.1) is 10.0 Å². The van der Waals surface area contributed by atoms with E-state index in [0.717, 1.165) is 5.56 Å². The molecule has 0 aliphatic heterocycles. The number of carbonyl (C=O) groups excluding carboxylic acids is 3. The van der Waals surface area contributed by atoms with Gasteiger partial charge in [0.15, 0.2) is 12.4 Å². The normalized spacial score (nSPS) is 10.4. The molecule has 1 heterocycles. The number of hydrogen-bond donors (Lipinski definition) is 1. The first-order valence-electron chi connectivity index (χ1n) is 7.32. The molecule has 2 aromatic rings. The first-order valence-corrected chi connectivity index (χ1v) is 8.08. The topological polar surface area (TPSA) is 79.5 Å². The summed E-state index contributed by atoms with van der Waals surface area (Å²) in [6.45, 7) is 1.27. The van der Waals surface area contributed by atoms with Crippen LogP contribution >= 0.6 is 23.2 Å². The van der Waals surface area contributed by atoms with E-state index in [-0.39, 0.29) is 17.4 Å². The number of nitrogens with zero attached hydrogens (tertiary/aromatic N) is 1. The lowest BCUT2D eigenvalue weighted by atomic mass is 10.2. The molecule has 1 aromatic heterocycles. The SMILES string of the molecule is CC(=O)c1c[nH]c(C(=O)OCC(=O)N(C)Cc2ccc(Cl)c(Cl)c2)c1. The highest BCUT2D eigenvalue weighted by Gasteiger charge is 2.16. The van der Waals surface area contributed by atoms with Gasteiger partial charge < -0.3 is 14.6 Å². The van der Waals surface area contributed by atoms with Crippen LogP contribution in [0.3, 0.4) is 0 Å². The molecule has 0 saturated heterocycles. The third-order valence-corrected chi connectivity index (χ3v) is 4.20. The van der Waals surface area contributed by atoms with Crippen molar-refractivity contribution in [3.8, 4) is 0 Å². The molecule has 0 aliphatic rings. The number of benzene rings is 1. The second-order valence-electron chi connectivity index (χ2n) is 5.43. The summed E-state index contributed by atoms with van der Waals surface area (Å²) in [5.74, 6) is -1.26. The summed E-state index contributed by atoms with van der Waals surface area (Å²) in [4.78, 5) is 39.2. The van der Waals surface area contributed by atoms with Gasteiger partial charge in [-0.2, -0.15) is 0 Å². The number of hydrogen-bond acceptors (Lipinski definition) is 4. The number of ether oxygens (including phenoxy) is 1. The van der Waals surface area contributed by atoms with Gasteiger partial charge in [-0.3, -0.25) is 9.59 Å². The van der Waals surface area contributed by atoms with Crippen LogP contribution in [0.5, 0.6) is 0 Å². The third kappa shape index (κ3) is 5.08. The number of H-pyrrole nitrogens is 1. The lowest BCUT2D eigenvalue weighted by molar-refractivity contribution is -0.133. The molecule has 1 aromatic carbocycles. The number of esters is 1. The van der Waals surface area contributed by atoms with Crippen molar-refractivity contribution in [2.75, 3.05) is 13.7 Å². The number of ketones is 1. The third-order valence-electron chi connectivity index (χ3n) is 3.47. The first-order chi connectivity index (χ1) is 11.8. The molecule has 0 unspecified atom stereocenters. The van der Waals surface area contributed by atoms with Crippen LogP contribution in [0.15, 0.2) is 30.5 Å². The predicted molar refractivity (Wildman–Crippen MR) is 94.0 cm³/mol. The van der Waals surface area contributed by atoms with Crippen molar-refractivity contribution in [2.24, 2.45) is 0 Å². The van der Waals surface area contributed by atoms with Gasteiger partial charge in [0.1, 0.15) is 5.69 Å². The molecule has 6 nitrogen and oxygen atoms in total. The van der Waals surface area contributed by atoms with E-state index < -0.39 is 12.6 Å². The van der Waals surface area contributed by atoms with Crippen LogP contribution in [0.2, 0.25) is 10.0 Å². The van der Waals surface area contributed by atoms with E-state index in [1.165, 1.54) is 24.1 Å². The van der Waals surface area contributed by atoms with Gasteiger partial charge in [-0.1, -0.05) is 29.3 Å². The number of halogens is 2. The van der Waals surface area contributed by atoms with E-state index in [9.17, 15) is 14.4 Å². The fourth-order valence-electron chi connectivity index (χ4n) is 2.03. The van der Waals surface area contributed by atoms with Gasteiger partial charge >= 0.3 is 5.97 Å². The number of rotatable bonds is 6. The molecule has 0 saturated carbocycles. The Morgan fingerprint density at radius 3 is 2.48 bits per heavy atom. The van der Waals surface area contributed by atoms with Crippen LogP contribution < -0.4 is 0 Å². The lowest BCUT2D eigenvalue weighted by Crippen LogP contribution is -2.30. The Morgan fingerprint density at radius 2 is 1.88 bits per heavy atom. The van der Waals surface area contributed by atoms with Gasteiger partial charge in [0, 0.05) is 25.4 Å². The smallest absolute Gasteiger partial charge is 0.355 e. The molecule has 0 aliphatic carbocycles. The summed E-state index contributed by atoms with van der Waals surface area (Å²) in [7, 11) is 1.58. The van der Waals surface area contributed by atoms with Crippen LogP contribution in [0, 0.1) is 0 Å². The molecule has 8 heteroatoms. The summed E-state index contributed by atoms with van der Waals surface area (Å²) >= 11 is 11.8. The number of Topliss-reactive ketones (excluding diaryl/α,β-unsaturated/α-hetero) is 1. The molecule has 0 bridgehead atoms. The van der Waals surface area contributed by atoms with Crippen molar-refractivity contribution < 1.29 is 19.1 Å². The Kier molecular flexibility index (Phi) is 6.22. The molecule has 1 amide bonds. The fraction of sp³-hybridized carbons (Fsp3) is 0.235. The first kappa shape index (κ1) is 19.0. The van der Waals surface area contributed by atoms with E-state index >= 15 is 0 Å². The van der Waals surface area contributed by atoms with Gasteiger partial charge in [-0.15, -0.1) is 0 Å². The van der Waals surface area contributed by atoms with Crippen LogP contribution in [-0.4, -0.2) is 41.2 Å². The maximum Gasteiger partial charge on any atom is 0.355 e. The molecule has 0 fully saturated rings. The summed E-state index contributed by atoms with van der Waals surface area (Å²) in [6, 6.07) is 6.46. The maximum absolute atomic E-state index is 12.1. The number of amides is 1. The van der Waals surface area contributed by atoms with Crippen molar-refractivity contribution in [1.82, 2.24) is 9.88 Å². The Bertz CT molecular complexity index is 817. The quantitative estimate of drug-likeness (QED) is 0.613. The molecule has 0 spiro atoms. The fourth-order valence-corrected chi connectivity index (χ4v) is 2.35. The highest BCUT2D eigenvalue weighted by Crippen LogP contribution is 2.23. The molecule has 1 N–H and O–H groups in total. The molecule has 0 atom stereocenters. The zero-order valence-corrected chi connectivity index (χ0v) is 15.1. The summed E-state index contributed by atoms with van der Waals surface area (Å²) in [5, 5.41) is 0.837. The monoisotopic (exact) mass is 382 g/mol. The minimum absolute atomic E-state index is 0.116. The summed E-state index contributed by atoms with van der Waals surface area (Å²) in [5.41, 5.74) is 1.28. The van der Waals surface area contributed by atoms with E-state index in [1.807, 2.05) is 0 Å². The van der Waals surface area contributed by atoms with Gasteiger partial charge in [0.2, 0.25) is 0 Å². The molecule has 25 heavy (non-hydrogen) atoms. The molecule has 2 rings (SSSR count). The zero-order valence-electron chi connectivity index (χ0n) is 13.6. The Morgan fingerprint density at radius 1 is 1.16 bits per heavy atom. The number of aromatic nitrogens is 1. The number of aromatic amines is 1. The van der Waals surface area contributed by atoms with E-state index in [2.05, 4.69) is 4.98 Å². The molecular formula is C17H16Cl2N2O4.